The van der Waals surface area contributed by atoms with Crippen molar-refractivity contribution in [3.63, 3.8) is 0 Å². The Labute approximate surface area is 161 Å². The quantitative estimate of drug-likeness (QED) is 0.195. The second kappa shape index (κ2) is 7.15. The molecule has 0 aromatic carbocycles. The highest BCUT2D eigenvalue weighted by molar-refractivity contribution is 7.93. The zero-order valence-corrected chi connectivity index (χ0v) is 16.4. The summed E-state index contributed by atoms with van der Waals surface area (Å²) in [4.78, 5) is 36.1. The van der Waals surface area contributed by atoms with E-state index < -0.39 is 43.8 Å². The van der Waals surface area contributed by atoms with Crippen molar-refractivity contribution >= 4 is 27.7 Å². The first-order chi connectivity index (χ1) is 13.1. The van der Waals surface area contributed by atoms with Gasteiger partial charge in [0.15, 0.2) is 22.2 Å². The van der Waals surface area contributed by atoms with Gasteiger partial charge in [0, 0.05) is 0 Å². The van der Waals surface area contributed by atoms with E-state index in [1.807, 2.05) is 6.92 Å². The molecule has 3 atom stereocenters. The van der Waals surface area contributed by atoms with Crippen molar-refractivity contribution in [3.8, 4) is 0 Å². The number of nitrogens with zero attached hydrogens (tertiary/aromatic N) is 4. The molecule has 1 unspecified atom stereocenters. The highest BCUT2D eigenvalue weighted by Crippen LogP contribution is 2.46. The van der Waals surface area contributed by atoms with Crippen molar-refractivity contribution in [1.82, 2.24) is 14.8 Å². The van der Waals surface area contributed by atoms with E-state index in [9.17, 15) is 27.9 Å². The predicted octanol–water partition coefficient (Wildman–Crippen LogP) is -2.62. The van der Waals surface area contributed by atoms with Crippen LogP contribution < -0.4 is 9.79 Å². The third kappa shape index (κ3) is 3.15. The van der Waals surface area contributed by atoms with E-state index in [1.165, 1.54) is 28.7 Å². The first-order valence-corrected chi connectivity index (χ1v) is 10.5. The van der Waals surface area contributed by atoms with Gasteiger partial charge >= 0.3 is 5.97 Å². The summed E-state index contributed by atoms with van der Waals surface area (Å²) < 4.78 is 31.5. The molecule has 0 aliphatic carbocycles. The summed E-state index contributed by atoms with van der Waals surface area (Å²) in [5.41, 5.74) is 0. The normalized spacial score (nSPS) is 27.9. The van der Waals surface area contributed by atoms with E-state index in [4.69, 9.17) is 4.74 Å². The third-order valence-corrected chi connectivity index (χ3v) is 7.97. The molecule has 0 radical (unpaired) electrons. The van der Waals surface area contributed by atoms with E-state index in [0.717, 1.165) is 17.7 Å². The number of carbonyl (C=O) groups is 3. The smallest absolute Gasteiger partial charge is 0.350 e. The Kier molecular flexibility index (Phi) is 5.17. The molecular weight excluding hydrogens is 392 g/mol. The number of sulfone groups is 1. The number of carboxylic acid groups (broad SMARTS) is 1. The van der Waals surface area contributed by atoms with Crippen LogP contribution in [0.25, 0.3) is 0 Å². The number of hydrogen-bond acceptors (Lipinski definition) is 8. The Balaban J connectivity index is 1.77. The van der Waals surface area contributed by atoms with Crippen molar-refractivity contribution in [1.29, 1.82) is 0 Å². The fourth-order valence-corrected chi connectivity index (χ4v) is 5.99. The van der Waals surface area contributed by atoms with Crippen LogP contribution in [0.4, 0.5) is 0 Å². The van der Waals surface area contributed by atoms with Crippen LogP contribution in [0.2, 0.25) is 0 Å². The molecular formula is C16H22N4O7S. The van der Waals surface area contributed by atoms with E-state index in [-0.39, 0.29) is 19.5 Å². The van der Waals surface area contributed by atoms with Gasteiger partial charge in [0.2, 0.25) is 12.5 Å². The van der Waals surface area contributed by atoms with Crippen LogP contribution in [0.1, 0.15) is 33.1 Å². The SMILES string of the molecule is CCCCOC(=O)C[n+]1ccn(C[C@@]2(C)[C@H](C(=O)[O-])N3C(=O)CC3S2(=O)=O)n1. The second-order valence-corrected chi connectivity index (χ2v) is 9.76. The van der Waals surface area contributed by atoms with Gasteiger partial charge in [-0.1, -0.05) is 13.3 Å². The number of amides is 1. The van der Waals surface area contributed by atoms with Crippen molar-refractivity contribution < 1.29 is 37.3 Å². The molecule has 2 aliphatic rings. The van der Waals surface area contributed by atoms with E-state index in [0.29, 0.717) is 6.61 Å². The van der Waals surface area contributed by atoms with Crippen molar-refractivity contribution in [2.45, 2.75) is 62.4 Å². The van der Waals surface area contributed by atoms with Gasteiger partial charge in [-0.3, -0.25) is 4.79 Å². The predicted molar refractivity (Wildman–Crippen MR) is 89.7 cm³/mol. The molecule has 2 saturated heterocycles. The molecule has 12 heteroatoms. The molecule has 154 valence electrons. The fourth-order valence-electron chi connectivity index (χ4n) is 3.63. The van der Waals surface area contributed by atoms with Gasteiger partial charge in [-0.25, -0.2) is 13.2 Å². The lowest BCUT2D eigenvalue weighted by Gasteiger charge is -2.38. The Morgan fingerprint density at radius 3 is 2.79 bits per heavy atom. The lowest BCUT2D eigenvalue weighted by molar-refractivity contribution is -0.745. The molecule has 0 spiro atoms. The van der Waals surface area contributed by atoms with Crippen LogP contribution >= 0.6 is 0 Å². The Bertz CT molecular complexity index is 912. The van der Waals surface area contributed by atoms with Crippen LogP contribution in [-0.4, -0.2) is 63.8 Å². The number of β-lactam (4-membered cyclic amide) rings is 1. The number of ether oxygens (including phenoxy) is 1. The monoisotopic (exact) mass is 414 g/mol. The number of aliphatic carboxylic acids is 1. The molecule has 28 heavy (non-hydrogen) atoms. The summed E-state index contributed by atoms with van der Waals surface area (Å²) in [5.74, 6) is -2.64. The molecule has 0 bridgehead atoms. The molecule has 3 heterocycles. The van der Waals surface area contributed by atoms with Gasteiger partial charge in [-0.05, 0) is 13.3 Å². The molecule has 0 N–H and O–H groups in total. The summed E-state index contributed by atoms with van der Waals surface area (Å²) in [6.07, 6.45) is 4.30. The Hall–Kier alpha value is -2.50. The van der Waals surface area contributed by atoms with Gasteiger partial charge in [0.05, 0.1) is 30.3 Å². The van der Waals surface area contributed by atoms with Crippen molar-refractivity contribution in [2.75, 3.05) is 6.61 Å². The molecule has 2 aliphatic heterocycles. The Morgan fingerprint density at radius 2 is 2.18 bits per heavy atom. The molecule has 3 rings (SSSR count). The topological polar surface area (TPSA) is 143 Å². The number of rotatable bonds is 8. The molecule has 1 aromatic heterocycles. The van der Waals surface area contributed by atoms with Gasteiger partial charge in [0.25, 0.3) is 0 Å². The summed E-state index contributed by atoms with van der Waals surface area (Å²) in [6.45, 7) is 3.10. The summed E-state index contributed by atoms with van der Waals surface area (Å²) in [6, 6.07) is -1.60. The number of fused-ring (bicyclic) bond motifs is 1. The third-order valence-electron chi connectivity index (χ3n) is 5.20. The maximum absolute atomic E-state index is 12.9. The lowest BCUT2D eigenvalue weighted by atomic mass is 9.96. The van der Waals surface area contributed by atoms with E-state index in [1.54, 1.807) is 0 Å². The molecule has 1 amide bonds. The van der Waals surface area contributed by atoms with E-state index in [2.05, 4.69) is 5.21 Å². The summed E-state index contributed by atoms with van der Waals surface area (Å²) in [7, 11) is -3.96. The van der Waals surface area contributed by atoms with Crippen LogP contribution in [0.15, 0.2) is 12.4 Å². The van der Waals surface area contributed by atoms with Crippen LogP contribution in [0.3, 0.4) is 0 Å². The van der Waals surface area contributed by atoms with Crippen LogP contribution in [0.5, 0.6) is 0 Å². The van der Waals surface area contributed by atoms with Gasteiger partial charge in [-0.15, -0.1) is 9.36 Å². The fraction of sp³-hybridized carbons (Fsp3) is 0.688. The summed E-state index contributed by atoms with van der Waals surface area (Å²) >= 11 is 0. The standard InChI is InChI=1S/C16H22N4O7S/c1-3-4-7-27-13(22)9-18-5-6-19(17-18)10-16(2)14(15(23)24)20-11(21)8-12(20)28(16,25)26/h5-6,12,14H,3-4,7-10H2,1-2H3/t12?,14-,16-/m0/s1. The zero-order chi connectivity index (χ0) is 20.7. The number of esters is 1. The van der Waals surface area contributed by atoms with Crippen LogP contribution in [-0.2, 0) is 42.0 Å². The number of carbonyl (C=O) groups excluding carboxylic acids is 3. The highest BCUT2D eigenvalue weighted by atomic mass is 32.2. The average molecular weight is 414 g/mol. The highest BCUT2D eigenvalue weighted by Gasteiger charge is 2.69. The van der Waals surface area contributed by atoms with E-state index >= 15 is 0 Å². The molecule has 11 nitrogen and oxygen atoms in total. The minimum atomic E-state index is -3.96. The van der Waals surface area contributed by atoms with Crippen LogP contribution in [0, 0.1) is 0 Å². The number of unbranched alkanes of at least 4 members (excludes halogenated alkanes) is 1. The number of aromatic nitrogens is 3. The maximum Gasteiger partial charge on any atom is 0.350 e. The lowest BCUT2D eigenvalue weighted by Crippen LogP contribution is -2.61. The summed E-state index contributed by atoms with van der Waals surface area (Å²) in [5, 5.41) is 14.6. The van der Waals surface area contributed by atoms with Crippen molar-refractivity contribution in [3.05, 3.63) is 12.4 Å². The minimum Gasteiger partial charge on any atom is -0.548 e. The minimum absolute atomic E-state index is 0.155. The first-order valence-electron chi connectivity index (χ1n) is 8.96. The number of hydrogen-bond donors (Lipinski definition) is 0. The average Bonchev–Trinajstić information content (AvgIpc) is 3.07. The molecule has 2 fully saturated rings. The second-order valence-electron chi connectivity index (χ2n) is 7.20. The Morgan fingerprint density at radius 1 is 1.46 bits per heavy atom. The number of carboxylic acids is 1. The molecule has 0 saturated carbocycles. The van der Waals surface area contributed by atoms with Gasteiger partial charge in [0.1, 0.15) is 16.7 Å². The van der Waals surface area contributed by atoms with Gasteiger partial charge < -0.3 is 19.5 Å². The maximum atomic E-state index is 12.9. The van der Waals surface area contributed by atoms with Crippen molar-refractivity contribution in [2.24, 2.45) is 0 Å². The van der Waals surface area contributed by atoms with Gasteiger partial charge in [-0.2, -0.15) is 0 Å². The largest absolute Gasteiger partial charge is 0.548 e. The molecule has 1 aromatic rings. The zero-order valence-electron chi connectivity index (χ0n) is 15.6. The first kappa shape index (κ1) is 20.2.